The van der Waals surface area contributed by atoms with E-state index in [1.807, 2.05) is 10.9 Å². The summed E-state index contributed by atoms with van der Waals surface area (Å²) in [4.78, 5) is 0. The molecule has 2 heterocycles. The molecule has 0 saturated carbocycles. The van der Waals surface area contributed by atoms with E-state index in [4.69, 9.17) is 9.47 Å². The summed E-state index contributed by atoms with van der Waals surface area (Å²) in [5.41, 5.74) is 1.26. The van der Waals surface area contributed by atoms with Gasteiger partial charge in [0.1, 0.15) is 0 Å². The van der Waals surface area contributed by atoms with Crippen molar-refractivity contribution in [3.63, 3.8) is 0 Å². The van der Waals surface area contributed by atoms with Gasteiger partial charge in [0.2, 0.25) is 0 Å². The second-order valence-corrected chi connectivity index (χ2v) is 4.57. The summed E-state index contributed by atoms with van der Waals surface area (Å²) >= 11 is 0. The van der Waals surface area contributed by atoms with E-state index in [0.29, 0.717) is 6.04 Å². The van der Waals surface area contributed by atoms with Crippen molar-refractivity contribution >= 4 is 0 Å². The van der Waals surface area contributed by atoms with Crippen LogP contribution in [0.5, 0.6) is 0 Å². The molecule has 1 atom stereocenters. The van der Waals surface area contributed by atoms with Gasteiger partial charge in [-0.15, -0.1) is 0 Å². The normalized spacial score (nSPS) is 18.3. The Labute approximate surface area is 108 Å². The minimum atomic E-state index is -0.0460. The van der Waals surface area contributed by atoms with Crippen molar-refractivity contribution in [3.05, 3.63) is 18.0 Å². The predicted molar refractivity (Wildman–Crippen MR) is 69.4 cm³/mol. The highest BCUT2D eigenvalue weighted by Gasteiger charge is 2.21. The number of nitrogens with one attached hydrogen (secondary N) is 1. The first-order valence-electron chi connectivity index (χ1n) is 6.79. The van der Waals surface area contributed by atoms with Crippen molar-refractivity contribution in [3.8, 4) is 0 Å². The third kappa shape index (κ3) is 3.80. The van der Waals surface area contributed by atoms with E-state index in [9.17, 15) is 0 Å². The summed E-state index contributed by atoms with van der Waals surface area (Å²) in [5, 5.41) is 7.79. The van der Waals surface area contributed by atoms with Crippen molar-refractivity contribution < 1.29 is 9.47 Å². The summed E-state index contributed by atoms with van der Waals surface area (Å²) in [6.45, 7) is 7.53. The number of rotatable bonds is 7. The smallest absolute Gasteiger partial charge is 0.159 e. The zero-order valence-corrected chi connectivity index (χ0v) is 11.3. The Morgan fingerprint density at radius 3 is 2.83 bits per heavy atom. The molecule has 0 spiro atoms. The van der Waals surface area contributed by atoms with Crippen LogP contribution in [0.3, 0.4) is 0 Å². The molecule has 0 aromatic carbocycles. The average Bonchev–Trinajstić information content (AvgIpc) is 3.00. The summed E-state index contributed by atoms with van der Waals surface area (Å²) < 4.78 is 13.0. The summed E-state index contributed by atoms with van der Waals surface area (Å²) in [5.74, 6) is 0. The molecule has 1 saturated heterocycles. The first kappa shape index (κ1) is 13.5. The molecule has 1 aliphatic heterocycles. The fourth-order valence-corrected chi connectivity index (χ4v) is 2.27. The first-order chi connectivity index (χ1) is 8.81. The number of aromatic nitrogens is 2. The van der Waals surface area contributed by atoms with Gasteiger partial charge >= 0.3 is 0 Å². The second kappa shape index (κ2) is 6.87. The van der Waals surface area contributed by atoms with E-state index in [2.05, 4.69) is 30.5 Å². The molecule has 0 amide bonds. The van der Waals surface area contributed by atoms with Gasteiger partial charge in [0.25, 0.3) is 0 Å². The van der Waals surface area contributed by atoms with Gasteiger partial charge in [-0.1, -0.05) is 6.92 Å². The highest BCUT2D eigenvalue weighted by atomic mass is 16.7. The molecular formula is C13H23N3O2. The van der Waals surface area contributed by atoms with Crippen LogP contribution in [0.15, 0.2) is 12.4 Å². The van der Waals surface area contributed by atoms with Crippen LogP contribution in [-0.4, -0.2) is 41.9 Å². The maximum atomic E-state index is 5.51. The Kier molecular flexibility index (Phi) is 5.16. The van der Waals surface area contributed by atoms with E-state index in [0.717, 1.165) is 39.1 Å². The zero-order chi connectivity index (χ0) is 12.8. The van der Waals surface area contributed by atoms with Gasteiger partial charge in [0, 0.05) is 25.2 Å². The van der Waals surface area contributed by atoms with Crippen LogP contribution < -0.4 is 5.32 Å². The molecule has 1 N–H and O–H groups in total. The van der Waals surface area contributed by atoms with E-state index in [-0.39, 0.29) is 6.29 Å². The van der Waals surface area contributed by atoms with E-state index < -0.39 is 0 Å². The lowest BCUT2D eigenvalue weighted by atomic mass is 10.1. The second-order valence-electron chi connectivity index (χ2n) is 4.57. The summed E-state index contributed by atoms with van der Waals surface area (Å²) in [6, 6.07) is 0.382. The summed E-state index contributed by atoms with van der Waals surface area (Å²) in [7, 11) is 0. The minimum absolute atomic E-state index is 0.0460. The Balaban J connectivity index is 1.87. The molecule has 0 radical (unpaired) electrons. The highest BCUT2D eigenvalue weighted by Crippen LogP contribution is 2.14. The average molecular weight is 253 g/mol. The third-order valence-electron chi connectivity index (χ3n) is 3.15. The molecule has 5 nitrogen and oxygen atoms in total. The molecule has 1 aliphatic rings. The SMILES string of the molecule is CCNC(Cc1cnn(CC)c1)CC1OCCO1. The van der Waals surface area contributed by atoms with Crippen LogP contribution in [0.4, 0.5) is 0 Å². The molecule has 5 heteroatoms. The van der Waals surface area contributed by atoms with Crippen LogP contribution in [-0.2, 0) is 22.4 Å². The molecule has 1 aromatic rings. The number of ether oxygens (including phenoxy) is 2. The van der Waals surface area contributed by atoms with Gasteiger partial charge in [-0.2, -0.15) is 5.10 Å². The molecule has 0 aliphatic carbocycles. The van der Waals surface area contributed by atoms with E-state index in [1.54, 1.807) is 0 Å². The molecule has 1 unspecified atom stereocenters. The lowest BCUT2D eigenvalue weighted by Crippen LogP contribution is -2.34. The van der Waals surface area contributed by atoms with Gasteiger partial charge in [0.15, 0.2) is 6.29 Å². The fraction of sp³-hybridized carbons (Fsp3) is 0.769. The quantitative estimate of drug-likeness (QED) is 0.793. The maximum absolute atomic E-state index is 5.51. The van der Waals surface area contributed by atoms with Gasteiger partial charge in [-0.3, -0.25) is 4.68 Å². The molecular weight excluding hydrogens is 230 g/mol. The fourth-order valence-electron chi connectivity index (χ4n) is 2.27. The monoisotopic (exact) mass is 253 g/mol. The first-order valence-corrected chi connectivity index (χ1v) is 6.79. The Morgan fingerprint density at radius 2 is 2.22 bits per heavy atom. The van der Waals surface area contributed by atoms with Crippen molar-refractivity contribution in [2.45, 2.75) is 45.6 Å². The number of hydrogen-bond acceptors (Lipinski definition) is 4. The third-order valence-corrected chi connectivity index (χ3v) is 3.15. The Hall–Kier alpha value is -0.910. The molecule has 18 heavy (non-hydrogen) atoms. The molecule has 1 aromatic heterocycles. The van der Waals surface area contributed by atoms with Crippen LogP contribution >= 0.6 is 0 Å². The van der Waals surface area contributed by atoms with Gasteiger partial charge in [-0.25, -0.2) is 0 Å². The topological polar surface area (TPSA) is 48.3 Å². The largest absolute Gasteiger partial charge is 0.350 e. The van der Waals surface area contributed by atoms with E-state index in [1.165, 1.54) is 5.56 Å². The van der Waals surface area contributed by atoms with Gasteiger partial charge < -0.3 is 14.8 Å². The van der Waals surface area contributed by atoms with Crippen molar-refractivity contribution in [2.75, 3.05) is 19.8 Å². The van der Waals surface area contributed by atoms with Crippen LogP contribution in [0.1, 0.15) is 25.8 Å². The minimum Gasteiger partial charge on any atom is -0.350 e. The lowest BCUT2D eigenvalue weighted by molar-refractivity contribution is -0.0525. The van der Waals surface area contributed by atoms with Crippen molar-refractivity contribution in [1.82, 2.24) is 15.1 Å². The van der Waals surface area contributed by atoms with Crippen molar-refractivity contribution in [2.24, 2.45) is 0 Å². The Morgan fingerprint density at radius 1 is 1.44 bits per heavy atom. The Bertz CT molecular complexity index is 348. The molecule has 1 fully saturated rings. The highest BCUT2D eigenvalue weighted by molar-refractivity contribution is 5.06. The van der Waals surface area contributed by atoms with Crippen LogP contribution in [0.25, 0.3) is 0 Å². The number of hydrogen-bond donors (Lipinski definition) is 1. The van der Waals surface area contributed by atoms with Crippen molar-refractivity contribution in [1.29, 1.82) is 0 Å². The van der Waals surface area contributed by atoms with Crippen LogP contribution in [0, 0.1) is 0 Å². The number of aryl methyl sites for hydroxylation is 1. The molecule has 2 rings (SSSR count). The van der Waals surface area contributed by atoms with Crippen LogP contribution in [0.2, 0.25) is 0 Å². The van der Waals surface area contributed by atoms with Gasteiger partial charge in [-0.05, 0) is 25.5 Å². The standard InChI is InChI=1S/C13H23N3O2/c1-3-14-12(8-13-17-5-6-18-13)7-11-9-15-16(4-2)10-11/h9-10,12-14H,3-8H2,1-2H3. The summed E-state index contributed by atoms with van der Waals surface area (Å²) in [6.07, 6.45) is 5.88. The van der Waals surface area contributed by atoms with Gasteiger partial charge in [0.05, 0.1) is 19.4 Å². The number of likely N-dealkylation sites (N-methyl/N-ethyl adjacent to an activating group) is 1. The molecule has 0 bridgehead atoms. The maximum Gasteiger partial charge on any atom is 0.159 e. The number of nitrogens with zero attached hydrogens (tertiary/aromatic N) is 2. The van der Waals surface area contributed by atoms with E-state index >= 15 is 0 Å². The predicted octanol–water partition coefficient (Wildman–Crippen LogP) is 1.19. The molecule has 102 valence electrons. The lowest BCUT2D eigenvalue weighted by Gasteiger charge is -2.20. The zero-order valence-electron chi connectivity index (χ0n) is 11.3.